The third-order valence-electron chi connectivity index (χ3n) is 2.77. The minimum absolute atomic E-state index is 0.245. The maximum absolute atomic E-state index is 6.13. The molecule has 0 spiro atoms. The first-order valence-electron chi connectivity index (χ1n) is 6.03. The molecule has 1 aromatic heterocycles. The van der Waals surface area contributed by atoms with Crippen molar-refractivity contribution in [2.45, 2.75) is 19.8 Å². The average molecular weight is 278 g/mol. The van der Waals surface area contributed by atoms with Crippen molar-refractivity contribution in [2.24, 2.45) is 0 Å². The van der Waals surface area contributed by atoms with E-state index in [2.05, 4.69) is 29.1 Å². The minimum atomic E-state index is 0.245. The van der Waals surface area contributed by atoms with Gasteiger partial charge in [-0.2, -0.15) is 0 Å². The zero-order valence-corrected chi connectivity index (χ0v) is 11.9. The molecule has 0 saturated heterocycles. The van der Waals surface area contributed by atoms with Crippen LogP contribution in [0.4, 0.5) is 11.5 Å². The highest BCUT2D eigenvalue weighted by Crippen LogP contribution is 2.30. The molecular formula is C14H16ClN3O. The van der Waals surface area contributed by atoms with Crippen LogP contribution in [0.3, 0.4) is 0 Å². The molecule has 0 saturated carbocycles. The number of benzene rings is 1. The zero-order chi connectivity index (χ0) is 13.8. The van der Waals surface area contributed by atoms with E-state index in [0.717, 1.165) is 22.8 Å². The van der Waals surface area contributed by atoms with E-state index < -0.39 is 0 Å². The van der Waals surface area contributed by atoms with Gasteiger partial charge in [0.05, 0.1) is 7.11 Å². The topological polar surface area (TPSA) is 47.0 Å². The predicted molar refractivity (Wildman–Crippen MR) is 77.4 cm³/mol. The van der Waals surface area contributed by atoms with Gasteiger partial charge in [-0.25, -0.2) is 9.97 Å². The molecule has 0 fully saturated rings. The minimum Gasteiger partial charge on any atom is -0.497 e. The molecule has 0 aliphatic heterocycles. The Morgan fingerprint density at radius 1 is 1.16 bits per heavy atom. The second kappa shape index (κ2) is 5.89. The summed E-state index contributed by atoms with van der Waals surface area (Å²) < 4.78 is 5.13. The van der Waals surface area contributed by atoms with Crippen molar-refractivity contribution in [3.63, 3.8) is 0 Å². The number of anilines is 2. The van der Waals surface area contributed by atoms with Gasteiger partial charge >= 0.3 is 0 Å². The Morgan fingerprint density at radius 3 is 2.42 bits per heavy atom. The maximum atomic E-state index is 6.13. The number of nitrogens with zero attached hydrogens (tertiary/aromatic N) is 2. The first kappa shape index (κ1) is 13.6. The number of aromatic nitrogens is 2. The van der Waals surface area contributed by atoms with E-state index in [0.29, 0.717) is 5.15 Å². The highest BCUT2D eigenvalue weighted by molar-refractivity contribution is 6.30. The van der Waals surface area contributed by atoms with E-state index in [9.17, 15) is 0 Å². The predicted octanol–water partition coefficient (Wildman–Crippen LogP) is 4.01. The molecule has 2 rings (SSSR count). The molecule has 1 aromatic carbocycles. The van der Waals surface area contributed by atoms with Gasteiger partial charge in [0.15, 0.2) is 0 Å². The summed E-state index contributed by atoms with van der Waals surface area (Å²) in [7, 11) is 1.64. The summed E-state index contributed by atoms with van der Waals surface area (Å²) >= 11 is 6.13. The molecular weight excluding hydrogens is 262 g/mol. The summed E-state index contributed by atoms with van der Waals surface area (Å²) in [6, 6.07) is 7.64. The molecule has 0 radical (unpaired) electrons. The fourth-order valence-corrected chi connectivity index (χ4v) is 2.15. The standard InChI is InChI=1S/C14H16ClN3O/c1-9(2)12-13(15)16-8-17-14(12)18-10-4-6-11(19-3)7-5-10/h4-9H,1-3H3,(H,16,17,18). The lowest BCUT2D eigenvalue weighted by molar-refractivity contribution is 0.415. The van der Waals surface area contributed by atoms with Crippen molar-refractivity contribution < 1.29 is 4.74 Å². The smallest absolute Gasteiger partial charge is 0.138 e. The van der Waals surface area contributed by atoms with E-state index in [4.69, 9.17) is 16.3 Å². The normalized spacial score (nSPS) is 10.6. The number of hydrogen-bond acceptors (Lipinski definition) is 4. The second-order valence-corrected chi connectivity index (χ2v) is 4.79. The van der Waals surface area contributed by atoms with E-state index in [1.165, 1.54) is 6.33 Å². The van der Waals surface area contributed by atoms with E-state index in [1.54, 1.807) is 7.11 Å². The Labute approximate surface area is 117 Å². The fraction of sp³-hybridized carbons (Fsp3) is 0.286. The van der Waals surface area contributed by atoms with Crippen molar-refractivity contribution in [1.29, 1.82) is 0 Å². The van der Waals surface area contributed by atoms with Gasteiger partial charge in [0, 0.05) is 11.3 Å². The van der Waals surface area contributed by atoms with Crippen LogP contribution in [-0.2, 0) is 0 Å². The van der Waals surface area contributed by atoms with E-state index >= 15 is 0 Å². The van der Waals surface area contributed by atoms with Crippen LogP contribution in [0.2, 0.25) is 5.15 Å². The third kappa shape index (κ3) is 3.15. The van der Waals surface area contributed by atoms with E-state index in [1.807, 2.05) is 24.3 Å². The lowest BCUT2D eigenvalue weighted by atomic mass is 10.1. The van der Waals surface area contributed by atoms with Gasteiger partial charge in [-0.05, 0) is 30.2 Å². The zero-order valence-electron chi connectivity index (χ0n) is 11.1. The third-order valence-corrected chi connectivity index (χ3v) is 3.07. The molecule has 0 aliphatic carbocycles. The molecule has 1 heterocycles. The molecule has 2 aromatic rings. The maximum Gasteiger partial charge on any atom is 0.138 e. The number of ether oxygens (including phenoxy) is 1. The number of methoxy groups -OCH3 is 1. The van der Waals surface area contributed by atoms with Crippen LogP contribution in [0.1, 0.15) is 25.3 Å². The molecule has 19 heavy (non-hydrogen) atoms. The number of halogens is 1. The quantitative estimate of drug-likeness (QED) is 0.858. The molecule has 0 atom stereocenters. The summed E-state index contributed by atoms with van der Waals surface area (Å²) in [6.45, 7) is 4.12. The second-order valence-electron chi connectivity index (χ2n) is 4.43. The summed E-state index contributed by atoms with van der Waals surface area (Å²) in [4.78, 5) is 8.29. The molecule has 0 aliphatic rings. The van der Waals surface area contributed by atoms with Crippen LogP contribution in [0.5, 0.6) is 5.75 Å². The van der Waals surface area contributed by atoms with Gasteiger partial charge in [-0.15, -0.1) is 0 Å². The summed E-state index contributed by atoms with van der Waals surface area (Å²) in [5.41, 5.74) is 1.84. The van der Waals surface area contributed by atoms with Gasteiger partial charge in [0.25, 0.3) is 0 Å². The Bertz CT molecular complexity index is 555. The Kier molecular flexibility index (Phi) is 4.22. The lowest BCUT2D eigenvalue weighted by Crippen LogP contribution is -2.02. The van der Waals surface area contributed by atoms with Crippen LogP contribution < -0.4 is 10.1 Å². The van der Waals surface area contributed by atoms with Crippen molar-refractivity contribution in [2.75, 3.05) is 12.4 Å². The molecule has 5 heteroatoms. The average Bonchev–Trinajstić information content (AvgIpc) is 2.39. The molecule has 1 N–H and O–H groups in total. The largest absolute Gasteiger partial charge is 0.497 e. The molecule has 0 amide bonds. The van der Waals surface area contributed by atoms with Crippen LogP contribution in [0, 0.1) is 0 Å². The highest BCUT2D eigenvalue weighted by atomic mass is 35.5. The van der Waals surface area contributed by atoms with Crippen LogP contribution in [0.25, 0.3) is 0 Å². The van der Waals surface area contributed by atoms with Crippen LogP contribution >= 0.6 is 11.6 Å². The Morgan fingerprint density at radius 2 is 1.84 bits per heavy atom. The lowest BCUT2D eigenvalue weighted by Gasteiger charge is -2.14. The van der Waals surface area contributed by atoms with Gasteiger partial charge in [-0.3, -0.25) is 0 Å². The van der Waals surface area contributed by atoms with Crippen LogP contribution in [-0.4, -0.2) is 17.1 Å². The molecule has 100 valence electrons. The van der Waals surface area contributed by atoms with Crippen molar-refractivity contribution >= 4 is 23.1 Å². The van der Waals surface area contributed by atoms with Gasteiger partial charge in [-0.1, -0.05) is 25.4 Å². The first-order chi connectivity index (χ1) is 9.11. The Hall–Kier alpha value is -1.81. The van der Waals surface area contributed by atoms with E-state index in [-0.39, 0.29) is 5.92 Å². The molecule has 0 bridgehead atoms. The van der Waals surface area contributed by atoms with Gasteiger partial charge in [0.2, 0.25) is 0 Å². The van der Waals surface area contributed by atoms with Crippen molar-refractivity contribution in [3.8, 4) is 5.75 Å². The molecule has 0 unspecified atom stereocenters. The first-order valence-corrected chi connectivity index (χ1v) is 6.41. The number of rotatable bonds is 4. The Balaban J connectivity index is 2.29. The van der Waals surface area contributed by atoms with Crippen LogP contribution in [0.15, 0.2) is 30.6 Å². The summed E-state index contributed by atoms with van der Waals surface area (Å²) in [6.07, 6.45) is 1.46. The van der Waals surface area contributed by atoms with Crippen molar-refractivity contribution in [1.82, 2.24) is 9.97 Å². The monoisotopic (exact) mass is 277 g/mol. The summed E-state index contributed by atoms with van der Waals surface area (Å²) in [5, 5.41) is 3.74. The highest BCUT2D eigenvalue weighted by Gasteiger charge is 2.13. The fourth-order valence-electron chi connectivity index (χ4n) is 1.80. The SMILES string of the molecule is COc1ccc(Nc2ncnc(Cl)c2C(C)C)cc1. The number of hydrogen-bond donors (Lipinski definition) is 1. The number of nitrogens with one attached hydrogen (secondary N) is 1. The van der Waals surface area contributed by atoms with Crippen molar-refractivity contribution in [3.05, 3.63) is 41.3 Å². The summed E-state index contributed by atoms with van der Waals surface area (Å²) in [5.74, 6) is 1.80. The van der Waals surface area contributed by atoms with Gasteiger partial charge in [0.1, 0.15) is 23.0 Å². The van der Waals surface area contributed by atoms with Gasteiger partial charge < -0.3 is 10.1 Å². The molecule has 4 nitrogen and oxygen atoms in total.